The molecule has 4 heterocycles. The van der Waals surface area contributed by atoms with Gasteiger partial charge in [0, 0.05) is 64.9 Å². The normalized spacial score (nSPS) is 15.4. The average molecular weight is 961 g/mol. The highest BCUT2D eigenvalue weighted by molar-refractivity contribution is 5.97. The molecule has 21 nitrogen and oxygen atoms in total. The first-order valence-electron chi connectivity index (χ1n) is 22.1. The van der Waals surface area contributed by atoms with E-state index in [-0.39, 0.29) is 36.5 Å². The molecule has 2 unspecified atom stereocenters. The smallest absolute Gasteiger partial charge is 0.410 e. The average Bonchev–Trinajstić information content (AvgIpc) is 3.29. The van der Waals surface area contributed by atoms with E-state index in [1.807, 2.05) is 6.07 Å². The summed E-state index contributed by atoms with van der Waals surface area (Å²) >= 11 is 0. The highest BCUT2D eigenvalue weighted by atomic mass is 16.6. The van der Waals surface area contributed by atoms with Gasteiger partial charge in [-0.1, -0.05) is 7.43 Å². The summed E-state index contributed by atoms with van der Waals surface area (Å²) in [4.78, 5) is 73.2. The molecule has 0 aliphatic carbocycles. The zero-order valence-corrected chi connectivity index (χ0v) is 40.1. The number of benzene rings is 2. The summed E-state index contributed by atoms with van der Waals surface area (Å²) in [6.45, 7) is 11.7. The Morgan fingerprint density at radius 2 is 1.07 bits per heavy atom. The second-order valence-electron chi connectivity index (χ2n) is 17.5. The monoisotopic (exact) mass is 961 g/mol. The molecule has 6 rings (SSSR count). The summed E-state index contributed by atoms with van der Waals surface area (Å²) in [5, 5.41) is 29.6. The lowest BCUT2D eigenvalue weighted by atomic mass is 10.0. The first-order valence-corrected chi connectivity index (χ1v) is 22.1. The lowest BCUT2D eigenvalue weighted by molar-refractivity contribution is -0.384. The van der Waals surface area contributed by atoms with Crippen molar-refractivity contribution in [3.05, 3.63) is 83.2 Å². The van der Waals surface area contributed by atoms with E-state index in [4.69, 9.17) is 29.8 Å². The minimum absolute atomic E-state index is 0. The molecule has 2 aromatic heterocycles. The Hall–Kier alpha value is -7.42. The molecule has 7 N–H and O–H groups in total. The lowest BCUT2D eigenvalue weighted by Gasteiger charge is -2.35. The molecule has 2 atom stereocenters. The Labute approximate surface area is 403 Å². The Balaban J connectivity index is 0.000000348. The van der Waals surface area contributed by atoms with Crippen molar-refractivity contribution in [1.82, 2.24) is 19.8 Å². The third kappa shape index (κ3) is 17.0. The number of anilines is 5. The van der Waals surface area contributed by atoms with Crippen molar-refractivity contribution in [2.45, 2.75) is 111 Å². The highest BCUT2D eigenvalue weighted by Crippen LogP contribution is 2.33. The van der Waals surface area contributed by atoms with E-state index >= 15 is 0 Å². The summed E-state index contributed by atoms with van der Waals surface area (Å²) in [6, 6.07) is 14.9. The molecule has 4 amide bonds. The fourth-order valence-corrected chi connectivity index (χ4v) is 7.03. The third-order valence-corrected chi connectivity index (χ3v) is 10.0. The largest absolute Gasteiger partial charge is 0.457 e. The van der Waals surface area contributed by atoms with E-state index in [0.717, 1.165) is 38.5 Å². The standard InChI is InChI=1S/C23H29N5O6.C23H31N5O4.CH4O.CH4/c1-23(2,3)34-22(30)27-12-6-5-7-18(27)21(29)26-20-14-16(10-11-25-20)33-15-8-9-17(24-4)19(13-15)28(31)32;1-23(2,3)32-22(30)28-12-6-5-7-19(28)21(29)27-20-14-16(10-11-26-20)31-15-8-9-18(25-4)17(24)13-15;1-2;/h8-11,13-14,18,24H,5-7,12H2,1-4H3,(H,25,26,29);8-11,13-14,19,25H,5-7,12,24H2,1-4H3,(H,26,27,29);2H,1H3;1H4. The molecule has 69 heavy (non-hydrogen) atoms. The van der Waals surface area contributed by atoms with Crippen molar-refractivity contribution in [1.29, 1.82) is 0 Å². The Morgan fingerprint density at radius 3 is 1.46 bits per heavy atom. The number of nitrogen functional groups attached to an aromatic ring is 1. The van der Waals surface area contributed by atoms with Crippen LogP contribution >= 0.6 is 0 Å². The van der Waals surface area contributed by atoms with Gasteiger partial charge in [0.1, 0.15) is 63.6 Å². The molecule has 2 fully saturated rings. The van der Waals surface area contributed by atoms with Crippen molar-refractivity contribution >= 4 is 58.4 Å². The van der Waals surface area contributed by atoms with Gasteiger partial charge in [0.05, 0.1) is 22.4 Å². The first-order chi connectivity index (χ1) is 32.2. The van der Waals surface area contributed by atoms with Crippen molar-refractivity contribution in [2.24, 2.45) is 0 Å². The fraction of sp³-hybridized carbons (Fsp3) is 0.458. The molecule has 4 aromatic rings. The molecule has 0 spiro atoms. The van der Waals surface area contributed by atoms with E-state index in [1.165, 1.54) is 28.1 Å². The minimum atomic E-state index is -0.674. The van der Waals surface area contributed by atoms with Crippen LogP contribution in [0.25, 0.3) is 0 Å². The van der Waals surface area contributed by atoms with Crippen LogP contribution in [0, 0.1) is 10.1 Å². The number of hydrogen-bond acceptors (Lipinski definition) is 16. The van der Waals surface area contributed by atoms with Gasteiger partial charge in [-0.3, -0.25) is 29.5 Å². The summed E-state index contributed by atoms with van der Waals surface area (Å²) in [7, 11) is 4.39. The van der Waals surface area contributed by atoms with Crippen molar-refractivity contribution < 1.29 is 48.2 Å². The summed E-state index contributed by atoms with van der Waals surface area (Å²) in [6.07, 6.45) is 6.38. The second-order valence-corrected chi connectivity index (χ2v) is 17.5. The molecule has 0 saturated carbocycles. The fourth-order valence-electron chi connectivity index (χ4n) is 7.03. The molecule has 2 aliphatic heterocycles. The van der Waals surface area contributed by atoms with Gasteiger partial charge < -0.3 is 51.1 Å². The van der Waals surface area contributed by atoms with Crippen LogP contribution in [0.15, 0.2) is 73.1 Å². The van der Waals surface area contributed by atoms with Crippen molar-refractivity contribution in [3.8, 4) is 23.0 Å². The van der Waals surface area contributed by atoms with Crippen LogP contribution in [0.2, 0.25) is 0 Å². The van der Waals surface area contributed by atoms with Gasteiger partial charge >= 0.3 is 12.2 Å². The SMILES string of the molecule is C.CNc1ccc(Oc2ccnc(NC(=O)C3CCCCN3C(=O)OC(C)(C)C)c2)cc1N.CNc1ccc(Oc2ccnc(NC(=O)C3CCCCN3C(=O)OC(C)(C)C)c2)cc1[N+](=O)[O-].CO. The van der Waals surface area contributed by atoms with Crippen LogP contribution in [0.4, 0.5) is 44.0 Å². The molecular weight excluding hydrogens is 893 g/mol. The number of nitrogens with two attached hydrogens (primary N) is 1. The second kappa shape index (κ2) is 25.6. The quantitative estimate of drug-likeness (QED) is 0.0465. The van der Waals surface area contributed by atoms with Gasteiger partial charge in [-0.2, -0.15) is 0 Å². The predicted octanol–water partition coefficient (Wildman–Crippen LogP) is 9.02. The highest BCUT2D eigenvalue weighted by Gasteiger charge is 2.36. The van der Waals surface area contributed by atoms with Crippen molar-refractivity contribution in [3.63, 3.8) is 0 Å². The van der Waals surface area contributed by atoms with Gasteiger partial charge in [-0.15, -0.1) is 0 Å². The number of carbonyl (C=O) groups is 4. The summed E-state index contributed by atoms with van der Waals surface area (Å²) in [5.74, 6) is 1.56. The maximum absolute atomic E-state index is 13.0. The van der Waals surface area contributed by atoms with Crippen LogP contribution in [0.1, 0.15) is 87.5 Å². The van der Waals surface area contributed by atoms with Gasteiger partial charge in [0.25, 0.3) is 5.69 Å². The number of aliphatic hydroxyl groups excluding tert-OH is 1. The van der Waals surface area contributed by atoms with E-state index in [2.05, 4.69) is 31.2 Å². The van der Waals surface area contributed by atoms with Crippen LogP contribution in [-0.2, 0) is 19.1 Å². The number of pyridine rings is 2. The number of nitro benzene ring substituents is 1. The number of piperidine rings is 2. The van der Waals surface area contributed by atoms with E-state index < -0.39 is 40.4 Å². The Kier molecular flexibility index (Phi) is 20.8. The maximum Gasteiger partial charge on any atom is 0.410 e. The Bertz CT molecular complexity index is 2370. The zero-order valence-electron chi connectivity index (χ0n) is 40.1. The summed E-state index contributed by atoms with van der Waals surface area (Å²) < 4.78 is 22.5. The van der Waals surface area contributed by atoms with E-state index in [9.17, 15) is 29.3 Å². The molecule has 0 bridgehead atoms. The molecule has 2 aliphatic rings. The van der Waals surface area contributed by atoms with Crippen LogP contribution in [-0.4, -0.2) is 111 Å². The van der Waals surface area contributed by atoms with Gasteiger partial charge in [-0.05, 0) is 116 Å². The number of nitro groups is 1. The zero-order chi connectivity index (χ0) is 50.2. The predicted molar refractivity (Wildman–Crippen MR) is 265 cm³/mol. The van der Waals surface area contributed by atoms with Crippen LogP contribution in [0.3, 0.4) is 0 Å². The number of nitrogens with zero attached hydrogens (tertiary/aromatic N) is 5. The number of ether oxygens (including phenoxy) is 4. The number of amides is 4. The number of carbonyl (C=O) groups excluding carboxylic acids is 4. The number of aliphatic hydroxyl groups is 1. The van der Waals surface area contributed by atoms with E-state index in [1.54, 1.807) is 104 Å². The number of hydrogen-bond donors (Lipinski definition) is 6. The first kappa shape index (κ1) is 55.9. The molecular formula is C48H68N10O11. The number of rotatable bonds is 11. The number of likely N-dealkylation sites (tertiary alicyclic amines) is 2. The number of aromatic nitrogens is 2. The van der Waals surface area contributed by atoms with E-state index in [0.29, 0.717) is 60.4 Å². The maximum atomic E-state index is 13.0. The topological polar surface area (TPSA) is 275 Å². The third-order valence-electron chi connectivity index (χ3n) is 10.0. The molecule has 2 saturated heterocycles. The van der Waals surface area contributed by atoms with Crippen LogP contribution in [0.5, 0.6) is 23.0 Å². The number of nitrogens with one attached hydrogen (secondary N) is 4. The minimum Gasteiger partial charge on any atom is -0.457 e. The van der Waals surface area contributed by atoms with Crippen molar-refractivity contribution in [2.75, 3.05) is 61.3 Å². The summed E-state index contributed by atoms with van der Waals surface area (Å²) in [5.41, 5.74) is 6.30. The molecule has 376 valence electrons. The van der Waals surface area contributed by atoms with Gasteiger partial charge in [-0.25, -0.2) is 19.6 Å². The molecule has 2 aromatic carbocycles. The molecule has 21 heteroatoms. The Morgan fingerprint density at radius 1 is 0.667 bits per heavy atom. The van der Waals surface area contributed by atoms with Gasteiger partial charge in [0.15, 0.2) is 0 Å². The lowest BCUT2D eigenvalue weighted by Crippen LogP contribution is -2.51. The van der Waals surface area contributed by atoms with Crippen LogP contribution < -0.4 is 36.5 Å². The molecule has 0 radical (unpaired) electrons. The van der Waals surface area contributed by atoms with Gasteiger partial charge in [0.2, 0.25) is 11.8 Å².